The average molecular weight is 228 g/mol. The number of halogens is 5. The highest BCUT2D eigenvalue weighted by atomic mass is 32.5. The van der Waals surface area contributed by atoms with Crippen molar-refractivity contribution >= 4 is 16.2 Å². The van der Waals surface area contributed by atoms with Gasteiger partial charge in [-0.2, -0.15) is 0 Å². The Balaban J connectivity index is 4.13. The fourth-order valence-corrected chi connectivity index (χ4v) is 1.06. The molecule has 0 saturated heterocycles. The molecule has 0 bridgehead atoms. The molecule has 0 aromatic carbocycles. The summed E-state index contributed by atoms with van der Waals surface area (Å²) >= 11 is 0. The van der Waals surface area contributed by atoms with Crippen molar-refractivity contribution in [1.29, 1.82) is 0 Å². The van der Waals surface area contributed by atoms with E-state index in [9.17, 15) is 24.2 Å². The fraction of sp³-hybridized carbons (Fsp3) is 0.800. The van der Waals surface area contributed by atoms with E-state index in [-0.39, 0.29) is 6.61 Å². The Morgan fingerprint density at radius 1 is 1.23 bits per heavy atom. The number of hydrogen-bond donors (Lipinski definition) is 0. The molecule has 0 aromatic rings. The van der Waals surface area contributed by atoms with Gasteiger partial charge in [0.1, 0.15) is 0 Å². The molecule has 0 saturated carbocycles. The summed E-state index contributed by atoms with van der Waals surface area (Å²) in [6.45, 7) is 1.25. The van der Waals surface area contributed by atoms with Crippen LogP contribution in [0.4, 0.5) is 19.4 Å². The minimum atomic E-state index is -9.44. The van der Waals surface area contributed by atoms with Crippen LogP contribution in [0.15, 0.2) is 0 Å². The number of carbonyl (C=O) groups is 1. The molecule has 0 aromatic heterocycles. The molecule has 0 aliphatic heterocycles. The van der Waals surface area contributed by atoms with Crippen LogP contribution in [0, 0.1) is 0 Å². The molecule has 0 fully saturated rings. The lowest BCUT2D eigenvalue weighted by atomic mass is 10.5. The Kier molecular flexibility index (Phi) is 2.62. The van der Waals surface area contributed by atoms with Crippen molar-refractivity contribution in [3.8, 4) is 0 Å². The van der Waals surface area contributed by atoms with Gasteiger partial charge < -0.3 is 4.74 Å². The maximum Gasteiger partial charge on any atom is 0.306 e. The number of carbonyl (C=O) groups excluding carboxylic acids is 1. The van der Waals surface area contributed by atoms with Gasteiger partial charge in [-0.3, -0.25) is 4.79 Å². The summed E-state index contributed by atoms with van der Waals surface area (Å²) < 4.78 is 62.1. The third-order valence-electron chi connectivity index (χ3n) is 0.997. The minimum absolute atomic E-state index is 0.126. The van der Waals surface area contributed by atoms with Gasteiger partial charge in [-0.05, 0) is 6.92 Å². The van der Waals surface area contributed by atoms with E-state index in [1.54, 1.807) is 0 Å². The Morgan fingerprint density at radius 3 is 2.00 bits per heavy atom. The second-order valence-electron chi connectivity index (χ2n) is 2.39. The predicted octanol–water partition coefficient (Wildman–Crippen LogP) is 3.24. The van der Waals surface area contributed by atoms with Crippen molar-refractivity contribution in [2.75, 3.05) is 12.4 Å². The smallest absolute Gasteiger partial charge is 0.306 e. The van der Waals surface area contributed by atoms with Gasteiger partial charge in [0.05, 0.1) is 18.8 Å². The molecule has 0 atom stereocenters. The van der Waals surface area contributed by atoms with Crippen molar-refractivity contribution in [2.24, 2.45) is 0 Å². The van der Waals surface area contributed by atoms with E-state index >= 15 is 0 Å². The van der Waals surface area contributed by atoms with Gasteiger partial charge in [0.2, 0.25) is 0 Å². The van der Waals surface area contributed by atoms with Crippen molar-refractivity contribution in [2.45, 2.75) is 13.3 Å². The normalized spacial score (nSPS) is 17.4. The van der Waals surface area contributed by atoms with E-state index < -0.39 is 28.4 Å². The van der Waals surface area contributed by atoms with E-state index in [2.05, 4.69) is 4.74 Å². The highest BCUT2D eigenvalue weighted by Crippen LogP contribution is 2.97. The van der Waals surface area contributed by atoms with Crippen LogP contribution in [-0.2, 0) is 9.53 Å². The van der Waals surface area contributed by atoms with Crippen LogP contribution in [0.25, 0.3) is 0 Å². The monoisotopic (exact) mass is 228 g/mol. The minimum Gasteiger partial charge on any atom is -0.466 e. The lowest BCUT2D eigenvalue weighted by molar-refractivity contribution is -0.142. The van der Waals surface area contributed by atoms with Gasteiger partial charge >= 0.3 is 5.97 Å². The molecule has 0 amide bonds. The molecular formula is C5H9F5O2S. The van der Waals surface area contributed by atoms with Crippen LogP contribution in [0.2, 0.25) is 0 Å². The molecule has 82 valence electrons. The fourth-order valence-electron chi connectivity index (χ4n) is 0.509. The first kappa shape index (κ1) is 12.5. The molecule has 0 N–H and O–H groups in total. The summed E-state index contributed by atoms with van der Waals surface area (Å²) in [4.78, 5) is 10.3. The van der Waals surface area contributed by atoms with Crippen LogP contribution in [0.1, 0.15) is 13.3 Å². The van der Waals surface area contributed by atoms with E-state index in [0.717, 1.165) is 0 Å². The molecule has 13 heavy (non-hydrogen) atoms. The zero-order chi connectivity index (χ0) is 10.8. The first-order valence-electron chi connectivity index (χ1n) is 3.32. The van der Waals surface area contributed by atoms with Crippen LogP contribution < -0.4 is 0 Å². The van der Waals surface area contributed by atoms with Crippen LogP contribution >= 0.6 is 10.2 Å². The highest BCUT2D eigenvalue weighted by Gasteiger charge is 2.62. The van der Waals surface area contributed by atoms with Crippen LogP contribution in [0.3, 0.4) is 0 Å². The first-order valence-corrected chi connectivity index (χ1v) is 5.44. The lowest BCUT2D eigenvalue weighted by Gasteiger charge is -2.39. The van der Waals surface area contributed by atoms with Gasteiger partial charge in [0.25, 0.3) is 10.2 Å². The molecule has 0 unspecified atom stereocenters. The van der Waals surface area contributed by atoms with Gasteiger partial charge in [0.15, 0.2) is 0 Å². The van der Waals surface area contributed by atoms with E-state index in [1.807, 2.05) is 0 Å². The molecule has 8 heteroatoms. The lowest BCUT2D eigenvalue weighted by Crippen LogP contribution is -2.16. The van der Waals surface area contributed by atoms with E-state index in [4.69, 9.17) is 0 Å². The molecule has 0 aliphatic carbocycles. The SMILES string of the molecule is CCOC(=O)CCS(F)(F)(F)(F)F. The maximum atomic E-state index is 11.6. The molecule has 0 aliphatic rings. The first-order chi connectivity index (χ1) is 5.43. The van der Waals surface area contributed by atoms with Gasteiger partial charge in [0, 0.05) is 0 Å². The summed E-state index contributed by atoms with van der Waals surface area (Å²) in [5, 5.41) is 0. The largest absolute Gasteiger partial charge is 0.466 e. The van der Waals surface area contributed by atoms with Crippen molar-refractivity contribution < 1.29 is 29.0 Å². The Labute approximate surface area is 71.8 Å². The molecule has 2 nitrogen and oxygen atoms in total. The quantitative estimate of drug-likeness (QED) is 0.545. The summed E-state index contributed by atoms with van der Waals surface area (Å²) in [5.41, 5.74) is 0. The predicted molar refractivity (Wildman–Crippen MR) is 39.2 cm³/mol. The Bertz CT molecular complexity index is 206. The van der Waals surface area contributed by atoms with E-state index in [0.29, 0.717) is 0 Å². The number of rotatable bonds is 4. The third-order valence-corrected chi connectivity index (χ3v) is 1.97. The summed E-state index contributed by atoms with van der Waals surface area (Å²) in [7, 11) is -9.44. The average Bonchev–Trinajstić information content (AvgIpc) is 1.80. The van der Waals surface area contributed by atoms with Crippen molar-refractivity contribution in [3.63, 3.8) is 0 Å². The summed E-state index contributed by atoms with van der Waals surface area (Å²) in [6, 6.07) is 0. The van der Waals surface area contributed by atoms with Crippen molar-refractivity contribution in [1.82, 2.24) is 0 Å². The van der Waals surface area contributed by atoms with Crippen LogP contribution in [-0.4, -0.2) is 18.3 Å². The maximum absolute atomic E-state index is 11.6. The topological polar surface area (TPSA) is 26.3 Å². The second-order valence-corrected chi connectivity index (χ2v) is 5.05. The Hall–Kier alpha value is -0.530. The third kappa shape index (κ3) is 9.38. The molecular weight excluding hydrogens is 219 g/mol. The molecule has 0 radical (unpaired) electrons. The zero-order valence-corrected chi connectivity index (χ0v) is 7.55. The molecule has 0 spiro atoms. The second kappa shape index (κ2) is 2.73. The molecule has 0 rings (SSSR count). The number of hydrogen-bond acceptors (Lipinski definition) is 2. The van der Waals surface area contributed by atoms with Gasteiger partial charge in [-0.15, -0.1) is 0 Å². The summed E-state index contributed by atoms with van der Waals surface area (Å²) in [6.07, 6.45) is -1.33. The van der Waals surface area contributed by atoms with Crippen molar-refractivity contribution in [3.05, 3.63) is 0 Å². The number of esters is 1. The zero-order valence-electron chi connectivity index (χ0n) is 6.74. The number of ether oxygens (including phenoxy) is 1. The molecule has 0 heterocycles. The van der Waals surface area contributed by atoms with E-state index in [1.165, 1.54) is 6.92 Å². The highest BCUT2D eigenvalue weighted by molar-refractivity contribution is 8.45. The summed E-state index contributed by atoms with van der Waals surface area (Å²) in [5.74, 6) is -3.66. The van der Waals surface area contributed by atoms with Gasteiger partial charge in [-0.1, -0.05) is 19.4 Å². The van der Waals surface area contributed by atoms with Crippen LogP contribution in [0.5, 0.6) is 0 Å². The standard InChI is InChI=1S/C5H9F5O2S/c1-2-12-5(11)3-4-13(6,7,8,9)10/h2-4H2,1H3. The Morgan fingerprint density at radius 2 is 1.69 bits per heavy atom. The van der Waals surface area contributed by atoms with Gasteiger partial charge in [-0.25, -0.2) is 0 Å².